The summed E-state index contributed by atoms with van der Waals surface area (Å²) in [5.74, 6) is 0.152. The number of nitrogens with two attached hydrogens (primary N) is 1. The molecule has 0 unspecified atom stereocenters. The van der Waals surface area contributed by atoms with Gasteiger partial charge in [0.05, 0.1) is 17.7 Å². The van der Waals surface area contributed by atoms with Crippen LogP contribution in [-0.4, -0.2) is 13.1 Å². The number of rotatable bonds is 2. The Balaban J connectivity index is 2.53. The van der Waals surface area contributed by atoms with E-state index in [2.05, 4.69) is 4.74 Å². The number of halogens is 1. The van der Waals surface area contributed by atoms with Gasteiger partial charge in [-0.25, -0.2) is 4.79 Å². The smallest absolute Gasteiger partial charge is 0.350 e. The number of anilines is 1. The first kappa shape index (κ1) is 12.0. The fourth-order valence-electron chi connectivity index (χ4n) is 1.44. The van der Waals surface area contributed by atoms with E-state index in [1.807, 2.05) is 6.92 Å². The van der Waals surface area contributed by atoms with Crippen LogP contribution >= 0.6 is 22.9 Å². The van der Waals surface area contributed by atoms with Crippen molar-refractivity contribution < 1.29 is 13.9 Å². The molecule has 2 aromatic heterocycles. The van der Waals surface area contributed by atoms with Gasteiger partial charge in [0.25, 0.3) is 0 Å². The van der Waals surface area contributed by atoms with Gasteiger partial charge in [0.2, 0.25) is 0 Å². The summed E-state index contributed by atoms with van der Waals surface area (Å²) in [6.07, 6.45) is 0. The summed E-state index contributed by atoms with van der Waals surface area (Å²) in [6, 6.07) is 3.38. The van der Waals surface area contributed by atoms with Crippen LogP contribution in [0.15, 0.2) is 16.5 Å². The summed E-state index contributed by atoms with van der Waals surface area (Å²) in [5, 5.41) is 0.297. The van der Waals surface area contributed by atoms with Crippen molar-refractivity contribution in [3.8, 4) is 10.6 Å². The summed E-state index contributed by atoms with van der Waals surface area (Å²) in [4.78, 5) is 12.7. The molecule has 0 aliphatic heterocycles. The normalized spacial score (nSPS) is 10.5. The molecule has 0 aromatic carbocycles. The van der Waals surface area contributed by atoms with Gasteiger partial charge in [-0.1, -0.05) is 0 Å². The molecule has 2 rings (SSSR count). The Morgan fingerprint density at radius 1 is 1.53 bits per heavy atom. The number of carbonyl (C=O) groups is 1. The molecular weight excluding hydrogens is 262 g/mol. The van der Waals surface area contributed by atoms with Gasteiger partial charge in [-0.15, -0.1) is 11.3 Å². The molecule has 0 saturated carbocycles. The van der Waals surface area contributed by atoms with E-state index < -0.39 is 5.97 Å². The van der Waals surface area contributed by atoms with Gasteiger partial charge >= 0.3 is 5.97 Å². The Bertz CT molecular complexity index is 573. The van der Waals surface area contributed by atoms with Gasteiger partial charge in [0.1, 0.15) is 10.6 Å². The lowest BCUT2D eigenvalue weighted by molar-refractivity contribution is 0.0607. The van der Waals surface area contributed by atoms with E-state index in [0.717, 1.165) is 10.4 Å². The van der Waals surface area contributed by atoms with E-state index in [4.69, 9.17) is 21.8 Å². The Hall–Kier alpha value is -1.46. The quantitative estimate of drug-likeness (QED) is 0.851. The maximum Gasteiger partial charge on any atom is 0.350 e. The zero-order valence-corrected chi connectivity index (χ0v) is 10.8. The summed E-state index contributed by atoms with van der Waals surface area (Å²) in [5.41, 5.74) is 7.07. The van der Waals surface area contributed by atoms with Crippen molar-refractivity contribution in [3.63, 3.8) is 0 Å². The second-order valence-electron chi connectivity index (χ2n) is 3.39. The Morgan fingerprint density at radius 2 is 2.24 bits per heavy atom. The highest BCUT2D eigenvalue weighted by Crippen LogP contribution is 2.39. The van der Waals surface area contributed by atoms with Crippen LogP contribution in [0.3, 0.4) is 0 Å². The SMILES string of the molecule is COC(=O)c1sc(-c2ccc(Cl)o2)c(C)c1N. The zero-order chi connectivity index (χ0) is 12.6. The van der Waals surface area contributed by atoms with Crippen LogP contribution in [-0.2, 0) is 4.74 Å². The first-order chi connectivity index (χ1) is 8.04. The zero-order valence-electron chi connectivity index (χ0n) is 9.24. The maximum atomic E-state index is 11.5. The van der Waals surface area contributed by atoms with E-state index >= 15 is 0 Å². The highest BCUT2D eigenvalue weighted by molar-refractivity contribution is 7.18. The molecular formula is C11H10ClNO3S. The number of methoxy groups -OCH3 is 1. The van der Waals surface area contributed by atoms with E-state index in [1.54, 1.807) is 12.1 Å². The summed E-state index contributed by atoms with van der Waals surface area (Å²) in [7, 11) is 1.32. The van der Waals surface area contributed by atoms with Crippen molar-refractivity contribution in [2.45, 2.75) is 6.92 Å². The molecule has 0 aliphatic rings. The average molecular weight is 272 g/mol. The number of furan rings is 1. The molecule has 0 atom stereocenters. The monoisotopic (exact) mass is 271 g/mol. The third-order valence-corrected chi connectivity index (χ3v) is 3.87. The van der Waals surface area contributed by atoms with Crippen LogP contribution in [0.2, 0.25) is 5.22 Å². The predicted molar refractivity (Wildman–Crippen MR) is 67.5 cm³/mol. The number of hydrogen-bond acceptors (Lipinski definition) is 5. The molecule has 0 bridgehead atoms. The minimum absolute atomic E-state index is 0.297. The second kappa shape index (κ2) is 4.43. The highest BCUT2D eigenvalue weighted by Gasteiger charge is 2.21. The number of thiophene rings is 1. The average Bonchev–Trinajstić information content (AvgIpc) is 2.85. The predicted octanol–water partition coefficient (Wildman–Crippen LogP) is 3.34. The van der Waals surface area contributed by atoms with E-state index in [0.29, 0.717) is 21.5 Å². The molecule has 0 fully saturated rings. The van der Waals surface area contributed by atoms with Gasteiger partial charge in [-0.2, -0.15) is 0 Å². The van der Waals surface area contributed by atoms with Crippen LogP contribution in [0.5, 0.6) is 0 Å². The second-order valence-corrected chi connectivity index (χ2v) is 4.79. The number of ether oxygens (including phenoxy) is 1. The number of nitrogen functional groups attached to an aromatic ring is 1. The van der Waals surface area contributed by atoms with Crippen molar-refractivity contribution in [2.75, 3.05) is 12.8 Å². The van der Waals surface area contributed by atoms with Crippen molar-refractivity contribution in [1.29, 1.82) is 0 Å². The Morgan fingerprint density at radius 3 is 2.76 bits per heavy atom. The van der Waals surface area contributed by atoms with Gasteiger partial charge in [-0.05, 0) is 36.2 Å². The molecule has 2 heterocycles. The summed E-state index contributed by atoms with van der Waals surface area (Å²) >= 11 is 6.95. The minimum atomic E-state index is -0.445. The van der Waals surface area contributed by atoms with Crippen LogP contribution in [0.4, 0.5) is 5.69 Å². The molecule has 17 heavy (non-hydrogen) atoms. The summed E-state index contributed by atoms with van der Waals surface area (Å²) < 4.78 is 9.96. The topological polar surface area (TPSA) is 65.5 Å². The van der Waals surface area contributed by atoms with Crippen molar-refractivity contribution in [3.05, 3.63) is 27.8 Å². The molecule has 90 valence electrons. The van der Waals surface area contributed by atoms with Crippen LogP contribution < -0.4 is 5.73 Å². The lowest BCUT2D eigenvalue weighted by Gasteiger charge is -1.96. The number of carbonyl (C=O) groups excluding carboxylic acids is 1. The number of esters is 1. The lowest BCUT2D eigenvalue weighted by atomic mass is 10.2. The maximum absolute atomic E-state index is 11.5. The first-order valence-corrected chi connectivity index (χ1v) is 5.97. The largest absolute Gasteiger partial charge is 0.465 e. The molecule has 0 aliphatic carbocycles. The van der Waals surface area contributed by atoms with Gasteiger partial charge in [0, 0.05) is 0 Å². The molecule has 0 spiro atoms. The van der Waals surface area contributed by atoms with Crippen LogP contribution in [0.25, 0.3) is 10.6 Å². The highest BCUT2D eigenvalue weighted by atomic mass is 35.5. The Kier molecular flexibility index (Phi) is 3.13. The molecule has 0 radical (unpaired) electrons. The molecule has 6 heteroatoms. The minimum Gasteiger partial charge on any atom is -0.465 e. The van der Waals surface area contributed by atoms with Gasteiger partial charge in [0.15, 0.2) is 5.22 Å². The first-order valence-electron chi connectivity index (χ1n) is 4.77. The molecule has 2 aromatic rings. The van der Waals surface area contributed by atoms with E-state index in [-0.39, 0.29) is 0 Å². The molecule has 0 amide bonds. The van der Waals surface area contributed by atoms with Crippen molar-refractivity contribution >= 4 is 34.6 Å². The molecule has 0 saturated heterocycles. The van der Waals surface area contributed by atoms with Gasteiger partial charge in [-0.3, -0.25) is 0 Å². The fraction of sp³-hybridized carbons (Fsp3) is 0.182. The molecule has 2 N–H and O–H groups in total. The molecule has 4 nitrogen and oxygen atoms in total. The van der Waals surface area contributed by atoms with Gasteiger partial charge < -0.3 is 14.9 Å². The Labute approximate surface area is 107 Å². The third-order valence-electron chi connectivity index (χ3n) is 2.36. The standard InChI is InChI=1S/C11H10ClNO3S/c1-5-8(13)10(11(14)15-2)17-9(5)6-3-4-7(12)16-6/h3-4H,13H2,1-2H3. The van der Waals surface area contributed by atoms with Crippen molar-refractivity contribution in [1.82, 2.24) is 0 Å². The van der Waals surface area contributed by atoms with E-state index in [1.165, 1.54) is 18.4 Å². The fourth-order valence-corrected chi connectivity index (χ4v) is 2.70. The van der Waals surface area contributed by atoms with Crippen molar-refractivity contribution in [2.24, 2.45) is 0 Å². The van der Waals surface area contributed by atoms with E-state index in [9.17, 15) is 4.79 Å². The summed E-state index contributed by atoms with van der Waals surface area (Å²) in [6.45, 7) is 1.82. The van der Waals surface area contributed by atoms with Crippen LogP contribution in [0, 0.1) is 6.92 Å². The number of hydrogen-bond donors (Lipinski definition) is 1. The lowest BCUT2D eigenvalue weighted by Crippen LogP contribution is -2.01. The third kappa shape index (κ3) is 2.03. The van der Waals surface area contributed by atoms with Crippen LogP contribution in [0.1, 0.15) is 15.2 Å².